The van der Waals surface area contributed by atoms with Crippen LogP contribution in [-0.2, 0) is 6.42 Å². The fraction of sp³-hybridized carbons (Fsp3) is 0.600. The quantitative estimate of drug-likeness (QED) is 0.881. The molecule has 4 nitrogen and oxygen atoms in total. The van der Waals surface area contributed by atoms with E-state index in [2.05, 4.69) is 30.1 Å². The van der Waals surface area contributed by atoms with Gasteiger partial charge in [0.25, 0.3) is 0 Å². The van der Waals surface area contributed by atoms with Crippen LogP contribution in [0.25, 0.3) is 0 Å². The molecule has 4 heteroatoms. The highest BCUT2D eigenvalue weighted by Gasteiger charge is 2.25. The molecule has 0 radical (unpaired) electrons. The van der Waals surface area contributed by atoms with Gasteiger partial charge in [-0.25, -0.2) is 0 Å². The zero-order valence-corrected chi connectivity index (χ0v) is 11.7. The Morgan fingerprint density at radius 1 is 1.32 bits per heavy atom. The summed E-state index contributed by atoms with van der Waals surface area (Å²) in [5, 5.41) is 3.49. The van der Waals surface area contributed by atoms with Crippen LogP contribution in [0, 0.1) is 0 Å². The highest BCUT2D eigenvalue weighted by atomic mass is 16.6. The zero-order valence-electron chi connectivity index (χ0n) is 11.7. The molecule has 0 spiro atoms. The lowest BCUT2D eigenvalue weighted by Gasteiger charge is -2.36. The van der Waals surface area contributed by atoms with Crippen LogP contribution in [0.3, 0.4) is 0 Å². The maximum absolute atomic E-state index is 5.90. The van der Waals surface area contributed by atoms with Crippen molar-refractivity contribution in [2.45, 2.75) is 26.3 Å². The second-order valence-electron chi connectivity index (χ2n) is 5.25. The summed E-state index contributed by atoms with van der Waals surface area (Å²) in [5.74, 6) is 1.84. The van der Waals surface area contributed by atoms with Crippen molar-refractivity contribution in [3.05, 3.63) is 17.7 Å². The lowest BCUT2D eigenvalue weighted by atomic mass is 10.1. The van der Waals surface area contributed by atoms with E-state index in [9.17, 15) is 0 Å². The number of hydrogen-bond donors (Lipinski definition) is 1. The fourth-order valence-corrected chi connectivity index (χ4v) is 2.91. The average molecular weight is 262 g/mol. The normalized spacial score (nSPS) is 22.4. The van der Waals surface area contributed by atoms with E-state index in [0.717, 1.165) is 37.6 Å². The molecule has 0 amide bonds. The third kappa shape index (κ3) is 2.37. The molecular weight excluding hydrogens is 240 g/mol. The molecule has 0 bridgehead atoms. The smallest absolute Gasteiger partial charge is 0.184 e. The van der Waals surface area contributed by atoms with Gasteiger partial charge in [0, 0.05) is 25.7 Å². The van der Waals surface area contributed by atoms with E-state index in [1.165, 1.54) is 11.3 Å². The molecule has 2 aliphatic rings. The van der Waals surface area contributed by atoms with Gasteiger partial charge in [-0.3, -0.25) is 0 Å². The molecule has 0 aromatic heterocycles. The summed E-state index contributed by atoms with van der Waals surface area (Å²) in [7, 11) is 0. The summed E-state index contributed by atoms with van der Waals surface area (Å²) in [4.78, 5) is 2.44. The van der Waals surface area contributed by atoms with E-state index < -0.39 is 0 Å². The van der Waals surface area contributed by atoms with Crippen LogP contribution < -0.4 is 19.7 Å². The van der Waals surface area contributed by atoms with E-state index in [0.29, 0.717) is 19.3 Å². The molecule has 2 aliphatic heterocycles. The Kier molecular flexibility index (Phi) is 3.51. The van der Waals surface area contributed by atoms with E-state index in [1.807, 2.05) is 6.07 Å². The number of piperazine rings is 1. The second-order valence-corrected chi connectivity index (χ2v) is 5.25. The van der Waals surface area contributed by atoms with Crippen molar-refractivity contribution in [2.24, 2.45) is 0 Å². The van der Waals surface area contributed by atoms with Crippen LogP contribution in [0.2, 0.25) is 0 Å². The highest BCUT2D eigenvalue weighted by molar-refractivity contribution is 5.70. The van der Waals surface area contributed by atoms with Crippen LogP contribution in [0.4, 0.5) is 5.69 Å². The number of hydrogen-bond acceptors (Lipinski definition) is 4. The summed E-state index contributed by atoms with van der Waals surface area (Å²) in [5.41, 5.74) is 2.59. The van der Waals surface area contributed by atoms with Gasteiger partial charge in [0.2, 0.25) is 0 Å². The van der Waals surface area contributed by atoms with E-state index in [1.54, 1.807) is 0 Å². The summed E-state index contributed by atoms with van der Waals surface area (Å²) in [6.45, 7) is 8.79. The van der Waals surface area contributed by atoms with Crippen LogP contribution in [0.5, 0.6) is 11.5 Å². The van der Waals surface area contributed by atoms with Gasteiger partial charge in [0.05, 0.1) is 5.69 Å². The summed E-state index contributed by atoms with van der Waals surface area (Å²) in [6.07, 6.45) is 1.02. The molecule has 1 aromatic rings. The Bertz CT molecular complexity index is 462. The van der Waals surface area contributed by atoms with Crippen LogP contribution in [-0.4, -0.2) is 38.9 Å². The first-order valence-corrected chi connectivity index (χ1v) is 7.19. The topological polar surface area (TPSA) is 33.7 Å². The predicted octanol–water partition coefficient (Wildman–Crippen LogP) is 1.82. The molecule has 19 heavy (non-hydrogen) atoms. The van der Waals surface area contributed by atoms with Crippen molar-refractivity contribution in [2.75, 3.05) is 37.7 Å². The maximum Gasteiger partial charge on any atom is 0.184 e. The molecule has 1 fully saturated rings. The Balaban J connectivity index is 2.01. The molecule has 1 N–H and O–H groups in total. The van der Waals surface area contributed by atoms with Gasteiger partial charge < -0.3 is 19.7 Å². The standard InChI is InChI=1S/C15H22N2O2/c1-3-12-4-5-13-15(19-9-8-18-13)14(12)17-7-6-16-11(2)10-17/h4-5,11,16H,3,6-10H2,1-2H3. The Morgan fingerprint density at radius 3 is 2.95 bits per heavy atom. The van der Waals surface area contributed by atoms with Crippen molar-refractivity contribution in [1.82, 2.24) is 5.32 Å². The Hall–Kier alpha value is -1.42. The SMILES string of the molecule is CCc1ccc2c(c1N1CCNC(C)C1)OCCO2. The third-order valence-corrected chi connectivity index (χ3v) is 3.83. The molecule has 1 aromatic carbocycles. The average Bonchev–Trinajstić information content (AvgIpc) is 2.46. The Morgan fingerprint density at radius 2 is 2.16 bits per heavy atom. The molecular formula is C15H22N2O2. The number of anilines is 1. The summed E-state index contributed by atoms with van der Waals surface area (Å²) < 4.78 is 11.6. The molecule has 0 saturated carbocycles. The number of fused-ring (bicyclic) bond motifs is 1. The molecule has 1 saturated heterocycles. The van der Waals surface area contributed by atoms with Gasteiger partial charge in [0.15, 0.2) is 11.5 Å². The van der Waals surface area contributed by atoms with Crippen molar-refractivity contribution in [1.29, 1.82) is 0 Å². The van der Waals surface area contributed by atoms with E-state index >= 15 is 0 Å². The van der Waals surface area contributed by atoms with Gasteiger partial charge in [-0.05, 0) is 25.0 Å². The lowest BCUT2D eigenvalue weighted by molar-refractivity contribution is 0.171. The number of rotatable bonds is 2. The molecule has 0 aliphatic carbocycles. The number of benzene rings is 1. The Labute approximate surface area is 114 Å². The highest BCUT2D eigenvalue weighted by Crippen LogP contribution is 2.42. The summed E-state index contributed by atoms with van der Waals surface area (Å²) >= 11 is 0. The maximum atomic E-state index is 5.90. The first-order valence-electron chi connectivity index (χ1n) is 7.19. The van der Waals surface area contributed by atoms with Crippen molar-refractivity contribution >= 4 is 5.69 Å². The molecule has 2 heterocycles. The van der Waals surface area contributed by atoms with Crippen LogP contribution in [0.1, 0.15) is 19.4 Å². The number of ether oxygens (including phenoxy) is 2. The van der Waals surface area contributed by atoms with Gasteiger partial charge in [-0.15, -0.1) is 0 Å². The van der Waals surface area contributed by atoms with Gasteiger partial charge in [-0.2, -0.15) is 0 Å². The van der Waals surface area contributed by atoms with Gasteiger partial charge in [-0.1, -0.05) is 13.0 Å². The van der Waals surface area contributed by atoms with Gasteiger partial charge >= 0.3 is 0 Å². The fourth-order valence-electron chi connectivity index (χ4n) is 2.91. The molecule has 3 rings (SSSR count). The molecule has 1 atom stereocenters. The van der Waals surface area contributed by atoms with Crippen molar-refractivity contribution in [3.63, 3.8) is 0 Å². The minimum atomic E-state index is 0.513. The van der Waals surface area contributed by atoms with Crippen molar-refractivity contribution < 1.29 is 9.47 Å². The number of nitrogens with zero attached hydrogens (tertiary/aromatic N) is 1. The van der Waals surface area contributed by atoms with Crippen molar-refractivity contribution in [3.8, 4) is 11.5 Å². The third-order valence-electron chi connectivity index (χ3n) is 3.83. The molecule has 104 valence electrons. The zero-order chi connectivity index (χ0) is 13.2. The largest absolute Gasteiger partial charge is 0.486 e. The number of nitrogens with one attached hydrogen (secondary N) is 1. The first kappa shape index (κ1) is 12.6. The number of aryl methyl sites for hydroxylation is 1. The lowest BCUT2D eigenvalue weighted by Crippen LogP contribution is -2.49. The molecule has 1 unspecified atom stereocenters. The first-order chi connectivity index (χ1) is 9.29. The minimum absolute atomic E-state index is 0.513. The van der Waals surface area contributed by atoms with Gasteiger partial charge in [0.1, 0.15) is 13.2 Å². The van der Waals surface area contributed by atoms with E-state index in [-0.39, 0.29) is 0 Å². The predicted molar refractivity (Wildman–Crippen MR) is 76.5 cm³/mol. The van der Waals surface area contributed by atoms with E-state index in [4.69, 9.17) is 9.47 Å². The van der Waals surface area contributed by atoms with Crippen LogP contribution >= 0.6 is 0 Å². The summed E-state index contributed by atoms with van der Waals surface area (Å²) in [6, 6.07) is 4.73. The monoisotopic (exact) mass is 262 g/mol. The van der Waals surface area contributed by atoms with Crippen LogP contribution in [0.15, 0.2) is 12.1 Å². The minimum Gasteiger partial charge on any atom is -0.486 e. The second kappa shape index (κ2) is 5.29.